The molecule has 3 aromatic rings. The van der Waals surface area contributed by atoms with Gasteiger partial charge in [0.1, 0.15) is 5.75 Å². The molecule has 1 aromatic carbocycles. The SMILES string of the molecule is COc1ccn2ncc(-c3ccc(NCCO)cc3)c2c1. The molecule has 0 bridgehead atoms. The van der Waals surface area contributed by atoms with Gasteiger partial charge in [0.25, 0.3) is 0 Å². The Morgan fingerprint density at radius 3 is 2.76 bits per heavy atom. The summed E-state index contributed by atoms with van der Waals surface area (Å²) in [7, 11) is 1.66. The van der Waals surface area contributed by atoms with Gasteiger partial charge in [-0.1, -0.05) is 12.1 Å². The van der Waals surface area contributed by atoms with Crippen LogP contribution in [0.5, 0.6) is 5.75 Å². The summed E-state index contributed by atoms with van der Waals surface area (Å²) in [5.41, 5.74) is 4.14. The van der Waals surface area contributed by atoms with E-state index in [0.717, 1.165) is 28.1 Å². The van der Waals surface area contributed by atoms with Crippen molar-refractivity contribution in [2.45, 2.75) is 0 Å². The number of aromatic nitrogens is 2. The number of pyridine rings is 1. The first-order chi connectivity index (χ1) is 10.3. The number of aliphatic hydroxyl groups is 1. The van der Waals surface area contributed by atoms with Crippen molar-refractivity contribution in [1.29, 1.82) is 0 Å². The van der Waals surface area contributed by atoms with Crippen molar-refractivity contribution in [3.8, 4) is 16.9 Å². The minimum absolute atomic E-state index is 0.121. The zero-order valence-corrected chi connectivity index (χ0v) is 11.8. The van der Waals surface area contributed by atoms with Crippen LogP contribution in [0.25, 0.3) is 16.6 Å². The Labute approximate surface area is 122 Å². The van der Waals surface area contributed by atoms with E-state index in [1.54, 1.807) is 7.11 Å². The van der Waals surface area contributed by atoms with Crippen molar-refractivity contribution >= 4 is 11.2 Å². The zero-order valence-electron chi connectivity index (χ0n) is 11.8. The van der Waals surface area contributed by atoms with E-state index in [0.29, 0.717) is 6.54 Å². The fraction of sp³-hybridized carbons (Fsp3) is 0.188. The topological polar surface area (TPSA) is 58.8 Å². The molecule has 0 unspecified atom stereocenters. The van der Waals surface area contributed by atoms with Crippen LogP contribution in [-0.4, -0.2) is 35.0 Å². The number of anilines is 1. The second kappa shape index (κ2) is 5.85. The highest BCUT2D eigenvalue weighted by Gasteiger charge is 2.07. The van der Waals surface area contributed by atoms with Crippen LogP contribution in [0.3, 0.4) is 0 Å². The molecule has 0 saturated carbocycles. The molecule has 0 fully saturated rings. The number of hydrogen-bond donors (Lipinski definition) is 2. The van der Waals surface area contributed by atoms with Crippen molar-refractivity contribution in [3.63, 3.8) is 0 Å². The lowest BCUT2D eigenvalue weighted by Crippen LogP contribution is -2.04. The first-order valence-electron chi connectivity index (χ1n) is 6.78. The summed E-state index contributed by atoms with van der Waals surface area (Å²) in [5, 5.41) is 16.3. The van der Waals surface area contributed by atoms with Gasteiger partial charge in [-0.3, -0.25) is 0 Å². The predicted octanol–water partition coefficient (Wildman–Crippen LogP) is 2.41. The third kappa shape index (κ3) is 2.68. The summed E-state index contributed by atoms with van der Waals surface area (Å²) < 4.78 is 7.10. The van der Waals surface area contributed by atoms with E-state index in [-0.39, 0.29) is 6.61 Å². The molecule has 5 nitrogen and oxygen atoms in total. The monoisotopic (exact) mass is 283 g/mol. The van der Waals surface area contributed by atoms with Gasteiger partial charge in [0, 0.05) is 30.1 Å². The van der Waals surface area contributed by atoms with Gasteiger partial charge in [-0.25, -0.2) is 4.52 Å². The van der Waals surface area contributed by atoms with Crippen molar-refractivity contribution < 1.29 is 9.84 Å². The maximum absolute atomic E-state index is 8.81. The largest absolute Gasteiger partial charge is 0.497 e. The summed E-state index contributed by atoms with van der Waals surface area (Å²) in [6.45, 7) is 0.669. The molecule has 2 aromatic heterocycles. The van der Waals surface area contributed by atoms with Crippen LogP contribution >= 0.6 is 0 Å². The lowest BCUT2D eigenvalue weighted by Gasteiger charge is -2.06. The lowest BCUT2D eigenvalue weighted by atomic mass is 10.1. The average Bonchev–Trinajstić information content (AvgIpc) is 2.96. The molecule has 3 rings (SSSR count). The normalized spacial score (nSPS) is 10.8. The Morgan fingerprint density at radius 1 is 1.24 bits per heavy atom. The highest BCUT2D eigenvalue weighted by molar-refractivity contribution is 5.81. The summed E-state index contributed by atoms with van der Waals surface area (Å²) >= 11 is 0. The predicted molar refractivity (Wildman–Crippen MR) is 82.8 cm³/mol. The zero-order chi connectivity index (χ0) is 14.7. The molecule has 108 valence electrons. The highest BCUT2D eigenvalue weighted by atomic mass is 16.5. The molecule has 0 amide bonds. The van der Waals surface area contributed by atoms with E-state index < -0.39 is 0 Å². The lowest BCUT2D eigenvalue weighted by molar-refractivity contribution is 0.311. The van der Waals surface area contributed by atoms with Gasteiger partial charge in [0.2, 0.25) is 0 Å². The fourth-order valence-corrected chi connectivity index (χ4v) is 2.28. The number of hydrogen-bond acceptors (Lipinski definition) is 4. The van der Waals surface area contributed by atoms with E-state index >= 15 is 0 Å². The quantitative estimate of drug-likeness (QED) is 0.755. The van der Waals surface area contributed by atoms with Gasteiger partial charge in [-0.15, -0.1) is 0 Å². The first kappa shape index (κ1) is 13.5. The molecule has 0 spiro atoms. The molecule has 5 heteroatoms. The van der Waals surface area contributed by atoms with Gasteiger partial charge >= 0.3 is 0 Å². The fourth-order valence-electron chi connectivity index (χ4n) is 2.28. The standard InChI is InChI=1S/C16H17N3O2/c1-21-14-6-8-19-16(10-14)15(11-18-19)12-2-4-13(5-3-12)17-7-9-20/h2-6,8,10-11,17,20H,7,9H2,1H3. The van der Waals surface area contributed by atoms with E-state index in [1.165, 1.54) is 0 Å². The van der Waals surface area contributed by atoms with Gasteiger partial charge in [-0.2, -0.15) is 5.10 Å². The molecule has 2 N–H and O–H groups in total. The molecule has 0 atom stereocenters. The molecule has 0 aliphatic heterocycles. The average molecular weight is 283 g/mol. The maximum Gasteiger partial charge on any atom is 0.122 e. The van der Waals surface area contributed by atoms with E-state index in [2.05, 4.69) is 10.4 Å². The van der Waals surface area contributed by atoms with Gasteiger partial charge in [0.05, 0.1) is 25.4 Å². The molecular weight excluding hydrogens is 266 g/mol. The maximum atomic E-state index is 8.81. The van der Waals surface area contributed by atoms with E-state index in [4.69, 9.17) is 9.84 Å². The molecule has 0 saturated heterocycles. The summed E-state index contributed by atoms with van der Waals surface area (Å²) in [6.07, 6.45) is 3.74. The van der Waals surface area contributed by atoms with Crippen LogP contribution in [-0.2, 0) is 0 Å². The van der Waals surface area contributed by atoms with E-state index in [9.17, 15) is 0 Å². The van der Waals surface area contributed by atoms with Crippen molar-refractivity contribution in [3.05, 3.63) is 48.8 Å². The van der Waals surface area contributed by atoms with Gasteiger partial charge in [0.15, 0.2) is 0 Å². The number of aliphatic hydroxyl groups excluding tert-OH is 1. The third-order valence-corrected chi connectivity index (χ3v) is 3.37. The summed E-state index contributed by atoms with van der Waals surface area (Å²) in [6, 6.07) is 11.9. The first-order valence-corrected chi connectivity index (χ1v) is 6.78. The number of methoxy groups -OCH3 is 1. The summed E-state index contributed by atoms with van der Waals surface area (Å²) in [5.74, 6) is 0.811. The molecule has 0 radical (unpaired) electrons. The third-order valence-electron chi connectivity index (χ3n) is 3.37. The molecule has 2 heterocycles. The van der Waals surface area contributed by atoms with E-state index in [1.807, 2.05) is 53.3 Å². The Balaban J connectivity index is 1.96. The Bertz CT molecular complexity index is 735. The number of nitrogens with one attached hydrogen (secondary N) is 1. The Kier molecular flexibility index (Phi) is 3.75. The highest BCUT2D eigenvalue weighted by Crippen LogP contribution is 2.27. The van der Waals surface area contributed by atoms with Crippen LogP contribution in [0, 0.1) is 0 Å². The number of rotatable bonds is 5. The minimum atomic E-state index is 0.121. The van der Waals surface area contributed by atoms with Crippen molar-refractivity contribution in [2.24, 2.45) is 0 Å². The minimum Gasteiger partial charge on any atom is -0.497 e. The number of benzene rings is 1. The second-order valence-electron chi connectivity index (χ2n) is 4.68. The second-order valence-corrected chi connectivity index (χ2v) is 4.68. The number of fused-ring (bicyclic) bond motifs is 1. The van der Waals surface area contributed by atoms with Gasteiger partial charge in [-0.05, 0) is 23.8 Å². The Morgan fingerprint density at radius 2 is 2.05 bits per heavy atom. The van der Waals surface area contributed by atoms with Crippen LogP contribution in [0.1, 0.15) is 0 Å². The van der Waals surface area contributed by atoms with Crippen LogP contribution < -0.4 is 10.1 Å². The van der Waals surface area contributed by atoms with Crippen LogP contribution in [0.15, 0.2) is 48.8 Å². The summed E-state index contributed by atoms with van der Waals surface area (Å²) in [4.78, 5) is 0. The number of ether oxygens (including phenoxy) is 1. The smallest absolute Gasteiger partial charge is 0.122 e. The van der Waals surface area contributed by atoms with Gasteiger partial charge < -0.3 is 15.2 Å². The van der Waals surface area contributed by atoms with Crippen LogP contribution in [0.2, 0.25) is 0 Å². The molecule has 21 heavy (non-hydrogen) atoms. The molecule has 0 aliphatic carbocycles. The molecule has 0 aliphatic rings. The molecular formula is C16H17N3O2. The van der Waals surface area contributed by atoms with Crippen LogP contribution in [0.4, 0.5) is 5.69 Å². The van der Waals surface area contributed by atoms with Crippen molar-refractivity contribution in [2.75, 3.05) is 25.6 Å². The number of nitrogens with zero attached hydrogens (tertiary/aromatic N) is 2. The Hall–Kier alpha value is -2.53. The van der Waals surface area contributed by atoms with Crippen molar-refractivity contribution in [1.82, 2.24) is 9.61 Å².